The second-order valence-corrected chi connectivity index (χ2v) is 3.56. The zero-order chi connectivity index (χ0) is 11.9. The van der Waals surface area contributed by atoms with Gasteiger partial charge in [0.15, 0.2) is 0 Å². The molecule has 2 unspecified atom stereocenters. The first-order chi connectivity index (χ1) is 6.09. The SMILES string of the molecule is CC(CO)C(N)C(=O)O.O=P(O)(O)O. The van der Waals surface area contributed by atoms with Crippen LogP contribution in [0.2, 0.25) is 0 Å². The van der Waals surface area contributed by atoms with Gasteiger partial charge in [-0.05, 0) is 0 Å². The van der Waals surface area contributed by atoms with Gasteiger partial charge in [-0.3, -0.25) is 4.79 Å². The van der Waals surface area contributed by atoms with Crippen LogP contribution >= 0.6 is 7.82 Å². The highest BCUT2D eigenvalue weighted by atomic mass is 31.2. The van der Waals surface area contributed by atoms with Crippen LogP contribution < -0.4 is 5.73 Å². The smallest absolute Gasteiger partial charge is 0.466 e. The molecule has 8 nitrogen and oxygen atoms in total. The number of aliphatic hydroxyl groups excluding tert-OH is 1. The summed E-state index contributed by atoms with van der Waals surface area (Å²) in [4.78, 5) is 31.6. The van der Waals surface area contributed by atoms with Crippen molar-refractivity contribution in [1.29, 1.82) is 0 Å². The molecular formula is C5H14NO7P. The maximum atomic E-state index is 10.1. The normalized spacial score (nSPS) is 15.0. The molecule has 2 atom stereocenters. The predicted molar refractivity (Wildman–Crippen MR) is 46.1 cm³/mol. The Balaban J connectivity index is 0. The van der Waals surface area contributed by atoms with E-state index in [1.54, 1.807) is 6.92 Å². The third-order valence-corrected chi connectivity index (χ3v) is 1.19. The lowest BCUT2D eigenvalue weighted by atomic mass is 10.1. The molecule has 0 aliphatic rings. The van der Waals surface area contributed by atoms with Gasteiger partial charge in [-0.25, -0.2) is 4.57 Å². The van der Waals surface area contributed by atoms with E-state index in [2.05, 4.69) is 0 Å². The molecule has 0 saturated carbocycles. The molecule has 7 N–H and O–H groups in total. The zero-order valence-electron chi connectivity index (χ0n) is 7.44. The van der Waals surface area contributed by atoms with Gasteiger partial charge in [0.25, 0.3) is 0 Å². The van der Waals surface area contributed by atoms with Crippen molar-refractivity contribution >= 4 is 13.8 Å². The molecule has 0 radical (unpaired) electrons. The average molecular weight is 231 g/mol. The number of aliphatic carboxylic acids is 1. The number of rotatable bonds is 3. The molecule has 14 heavy (non-hydrogen) atoms. The van der Waals surface area contributed by atoms with Crippen LogP contribution in [0.4, 0.5) is 0 Å². The van der Waals surface area contributed by atoms with Crippen molar-refractivity contribution in [3.05, 3.63) is 0 Å². The molecule has 0 fully saturated rings. The summed E-state index contributed by atoms with van der Waals surface area (Å²) in [5.74, 6) is -1.45. The number of carboxylic acids is 1. The van der Waals surface area contributed by atoms with E-state index in [1.807, 2.05) is 0 Å². The third kappa shape index (κ3) is 14.0. The Kier molecular flexibility index (Phi) is 7.84. The Bertz CT molecular complexity index is 206. The second kappa shape index (κ2) is 6.88. The molecule has 0 aliphatic carbocycles. The van der Waals surface area contributed by atoms with Gasteiger partial charge in [-0.15, -0.1) is 0 Å². The summed E-state index contributed by atoms with van der Waals surface area (Å²) in [6.45, 7) is 1.40. The summed E-state index contributed by atoms with van der Waals surface area (Å²) >= 11 is 0. The van der Waals surface area contributed by atoms with E-state index in [1.165, 1.54) is 0 Å². The number of hydrogen-bond acceptors (Lipinski definition) is 4. The van der Waals surface area contributed by atoms with E-state index in [9.17, 15) is 4.79 Å². The number of carbonyl (C=O) groups is 1. The van der Waals surface area contributed by atoms with Crippen LogP contribution in [0.25, 0.3) is 0 Å². The minimum absolute atomic E-state index is 0.187. The fraction of sp³-hybridized carbons (Fsp3) is 0.800. The number of carboxylic acid groups (broad SMARTS) is 1. The van der Waals surface area contributed by atoms with Gasteiger partial charge in [-0.1, -0.05) is 6.92 Å². The molecule has 0 rings (SSSR count). The van der Waals surface area contributed by atoms with Crippen LogP contribution in [0, 0.1) is 5.92 Å². The first-order valence-electron chi connectivity index (χ1n) is 3.47. The molecule has 9 heteroatoms. The fourth-order valence-corrected chi connectivity index (χ4v) is 0.357. The Morgan fingerprint density at radius 1 is 1.43 bits per heavy atom. The van der Waals surface area contributed by atoms with Gasteiger partial charge in [0.2, 0.25) is 0 Å². The summed E-state index contributed by atoms with van der Waals surface area (Å²) in [6, 6.07) is -0.949. The quantitative estimate of drug-likeness (QED) is 0.307. The molecule has 0 heterocycles. The fourth-order valence-electron chi connectivity index (χ4n) is 0.357. The van der Waals surface area contributed by atoms with E-state index < -0.39 is 19.8 Å². The first-order valence-corrected chi connectivity index (χ1v) is 5.03. The number of hydrogen-bond donors (Lipinski definition) is 6. The maximum absolute atomic E-state index is 10.1. The summed E-state index contributed by atoms with van der Waals surface area (Å²) in [5.41, 5.74) is 5.11. The highest BCUT2D eigenvalue weighted by molar-refractivity contribution is 7.45. The monoisotopic (exact) mass is 231 g/mol. The summed E-state index contributed by atoms with van der Waals surface area (Å²) in [6.07, 6.45) is 0. The Hall–Kier alpha value is -0.500. The lowest BCUT2D eigenvalue weighted by molar-refractivity contribution is -0.140. The van der Waals surface area contributed by atoms with E-state index in [0.29, 0.717) is 0 Å². The highest BCUT2D eigenvalue weighted by Gasteiger charge is 2.18. The van der Waals surface area contributed by atoms with Crippen molar-refractivity contribution in [3.63, 3.8) is 0 Å². The largest absolute Gasteiger partial charge is 0.480 e. The van der Waals surface area contributed by atoms with Crippen molar-refractivity contribution in [2.24, 2.45) is 11.7 Å². The van der Waals surface area contributed by atoms with Gasteiger partial charge in [0, 0.05) is 12.5 Å². The lowest BCUT2D eigenvalue weighted by Crippen LogP contribution is -2.38. The number of aliphatic hydroxyl groups is 1. The zero-order valence-corrected chi connectivity index (χ0v) is 8.33. The van der Waals surface area contributed by atoms with Crippen LogP contribution in [0.15, 0.2) is 0 Å². The van der Waals surface area contributed by atoms with Crippen LogP contribution in [-0.4, -0.2) is 43.5 Å². The molecular weight excluding hydrogens is 217 g/mol. The molecule has 0 amide bonds. The van der Waals surface area contributed by atoms with Gasteiger partial charge in [0.1, 0.15) is 6.04 Å². The van der Waals surface area contributed by atoms with Gasteiger partial charge >= 0.3 is 13.8 Å². The van der Waals surface area contributed by atoms with Gasteiger partial charge < -0.3 is 30.6 Å². The Morgan fingerprint density at radius 3 is 1.79 bits per heavy atom. The molecule has 86 valence electrons. The molecule has 0 spiro atoms. The lowest BCUT2D eigenvalue weighted by Gasteiger charge is -2.11. The van der Waals surface area contributed by atoms with Crippen molar-refractivity contribution < 1.29 is 34.3 Å². The second-order valence-electron chi connectivity index (χ2n) is 2.54. The van der Waals surface area contributed by atoms with Crippen molar-refractivity contribution in [2.45, 2.75) is 13.0 Å². The first kappa shape index (κ1) is 15.9. The number of nitrogens with two attached hydrogens (primary N) is 1. The molecule has 0 aromatic carbocycles. The molecule has 0 aliphatic heterocycles. The number of phosphoric acid groups is 1. The third-order valence-electron chi connectivity index (χ3n) is 1.19. The topological polar surface area (TPSA) is 161 Å². The standard InChI is InChI=1S/C5H11NO3.H3O4P/c1-3(2-7)4(6)5(8)9;1-5(2,3)4/h3-4,7H,2,6H2,1H3,(H,8,9);(H3,1,2,3,4). The van der Waals surface area contributed by atoms with Crippen molar-refractivity contribution in [1.82, 2.24) is 0 Å². The van der Waals surface area contributed by atoms with Crippen LogP contribution in [-0.2, 0) is 9.36 Å². The Morgan fingerprint density at radius 2 is 1.71 bits per heavy atom. The van der Waals surface area contributed by atoms with Gasteiger partial charge in [0.05, 0.1) is 0 Å². The van der Waals surface area contributed by atoms with Crippen LogP contribution in [0.5, 0.6) is 0 Å². The summed E-state index contributed by atoms with van der Waals surface area (Å²) < 4.78 is 8.88. The van der Waals surface area contributed by atoms with E-state index >= 15 is 0 Å². The highest BCUT2D eigenvalue weighted by Crippen LogP contribution is 2.25. The predicted octanol–water partition coefficient (Wildman–Crippen LogP) is -1.90. The van der Waals surface area contributed by atoms with E-state index in [4.69, 9.17) is 35.2 Å². The van der Waals surface area contributed by atoms with E-state index in [-0.39, 0.29) is 12.5 Å². The van der Waals surface area contributed by atoms with Crippen LogP contribution in [0.3, 0.4) is 0 Å². The maximum Gasteiger partial charge on any atom is 0.466 e. The van der Waals surface area contributed by atoms with Gasteiger partial charge in [-0.2, -0.15) is 0 Å². The van der Waals surface area contributed by atoms with E-state index in [0.717, 1.165) is 0 Å². The average Bonchev–Trinajstić information content (AvgIpc) is 1.98. The minimum Gasteiger partial charge on any atom is -0.480 e. The minimum atomic E-state index is -4.64. The molecule has 0 aromatic rings. The van der Waals surface area contributed by atoms with Crippen molar-refractivity contribution in [3.8, 4) is 0 Å². The molecule has 0 saturated heterocycles. The summed E-state index contributed by atoms with van der Waals surface area (Å²) in [7, 11) is -4.64. The van der Waals surface area contributed by atoms with Crippen LogP contribution in [0.1, 0.15) is 6.92 Å². The summed E-state index contributed by atoms with van der Waals surface area (Å²) in [5, 5.41) is 16.7. The van der Waals surface area contributed by atoms with Crippen molar-refractivity contribution in [2.75, 3.05) is 6.61 Å². The molecule has 0 bridgehead atoms. The Labute approximate surface area is 80.2 Å². The molecule has 0 aromatic heterocycles.